The number of hydrogen-bond acceptors (Lipinski definition) is 1. The second-order valence-corrected chi connectivity index (χ2v) is 5.96. The molecule has 0 saturated carbocycles. The molecule has 1 heterocycles. The van der Waals surface area contributed by atoms with E-state index >= 15 is 0 Å². The van der Waals surface area contributed by atoms with Crippen molar-refractivity contribution in [3.05, 3.63) is 54.8 Å². The van der Waals surface area contributed by atoms with Gasteiger partial charge in [0.15, 0.2) is 0 Å². The summed E-state index contributed by atoms with van der Waals surface area (Å²) < 4.78 is 3.90. The molecule has 1 aliphatic heterocycles. The predicted octanol–water partition coefficient (Wildman–Crippen LogP) is 1.69. The summed E-state index contributed by atoms with van der Waals surface area (Å²) in [4.78, 5) is 0. The van der Waals surface area contributed by atoms with Crippen LogP contribution in [0.3, 0.4) is 0 Å². The summed E-state index contributed by atoms with van der Waals surface area (Å²) in [5.74, 6) is 0. The van der Waals surface area contributed by atoms with Crippen molar-refractivity contribution in [3.63, 3.8) is 0 Å². The third-order valence-corrected chi connectivity index (χ3v) is 4.56. The Balaban J connectivity index is 1.99. The molecule has 0 bridgehead atoms. The van der Waals surface area contributed by atoms with Crippen LogP contribution in [0.25, 0.3) is 0 Å². The summed E-state index contributed by atoms with van der Waals surface area (Å²) in [6, 6.07) is 10.7. The Morgan fingerprint density at radius 2 is 1.92 bits per heavy atom. The number of rotatable bonds is 2. The number of nitrogens with zero attached hydrogens (tertiary/aromatic N) is 1. The van der Waals surface area contributed by atoms with Crippen LogP contribution in [0.1, 0.15) is 0 Å². The molecule has 0 unspecified atom stereocenters. The van der Waals surface area contributed by atoms with E-state index in [1.165, 1.54) is 4.08 Å². The second-order valence-electron chi connectivity index (χ2n) is 2.67. The van der Waals surface area contributed by atoms with Crippen LogP contribution in [0.4, 0.5) is 0 Å². The van der Waals surface area contributed by atoms with Crippen LogP contribution < -0.4 is 4.08 Å². The molecule has 0 fully saturated rings. The van der Waals surface area contributed by atoms with Crippen LogP contribution in [-0.2, 0) is 17.9 Å². The molecule has 0 radical (unpaired) electrons. The van der Waals surface area contributed by atoms with E-state index in [4.69, 9.17) is 0 Å². The fourth-order valence-electron chi connectivity index (χ4n) is 1.06. The first kappa shape index (κ1) is 8.73. The Labute approximate surface area is 87.0 Å². The monoisotopic (exact) mass is 350 g/mol. The van der Waals surface area contributed by atoms with E-state index in [0.29, 0.717) is 0 Å². The van der Waals surface area contributed by atoms with Crippen LogP contribution in [0, 0.1) is 0 Å². The third kappa shape index (κ3) is 2.55. The van der Waals surface area contributed by atoms with E-state index in [1.807, 2.05) is 0 Å². The van der Waals surface area contributed by atoms with Crippen molar-refractivity contribution in [2.75, 3.05) is 6.54 Å². The molecule has 2 heteroatoms. The Kier molecular flexibility index (Phi) is 2.96. The first-order valence-corrected chi connectivity index (χ1v) is 6.48. The zero-order chi connectivity index (χ0) is 8.93. The minimum atomic E-state index is -0.136. The predicted molar refractivity (Wildman–Crippen MR) is 51.1 cm³/mol. The van der Waals surface area contributed by atoms with Gasteiger partial charge < -0.3 is 0 Å². The van der Waals surface area contributed by atoms with Gasteiger partial charge in [0.25, 0.3) is 0 Å². The van der Waals surface area contributed by atoms with Gasteiger partial charge in [-0.3, -0.25) is 0 Å². The third-order valence-electron chi connectivity index (χ3n) is 1.66. The van der Waals surface area contributed by atoms with Gasteiger partial charge in [-0.2, -0.15) is 0 Å². The quantitative estimate of drug-likeness (QED) is 0.786. The molecule has 0 N–H and O–H groups in total. The molecule has 68 valence electrons. The summed E-state index contributed by atoms with van der Waals surface area (Å²) in [7, 11) is 0. The topological polar surface area (TPSA) is 3.24 Å². The molecule has 0 aliphatic carbocycles. The van der Waals surface area contributed by atoms with Crippen molar-refractivity contribution in [1.29, 1.82) is 0 Å². The van der Waals surface area contributed by atoms with Gasteiger partial charge in [-0.25, -0.2) is 0 Å². The van der Waals surface area contributed by atoms with Gasteiger partial charge in [-0.1, -0.05) is 0 Å². The Morgan fingerprint density at radius 3 is 2.62 bits per heavy atom. The molecule has 0 spiro atoms. The maximum atomic E-state index is 2.41. The molecule has 1 aromatic rings. The van der Waals surface area contributed by atoms with Crippen LogP contribution in [0.2, 0.25) is 0 Å². The van der Waals surface area contributed by atoms with Crippen molar-refractivity contribution in [2.24, 2.45) is 0 Å². The Bertz CT molecular complexity index is 316. The van der Waals surface area contributed by atoms with E-state index in [-0.39, 0.29) is 17.9 Å². The average molecular weight is 349 g/mol. The molecule has 0 aromatic heterocycles. The van der Waals surface area contributed by atoms with Gasteiger partial charge in [0.05, 0.1) is 0 Å². The maximum absolute atomic E-state index is 2.41. The zero-order valence-electron chi connectivity index (χ0n) is 7.18. The number of benzene rings is 1. The van der Waals surface area contributed by atoms with E-state index in [1.54, 1.807) is 0 Å². The minimum absolute atomic E-state index is 0.136. The first-order chi connectivity index (χ1) is 6.45. The molecular formula is C11H11IrN+. The fraction of sp³-hybridized carbons (Fsp3) is 0.0909. The van der Waals surface area contributed by atoms with Crippen LogP contribution in [0.5, 0.6) is 0 Å². The average Bonchev–Trinajstić information content (AvgIpc) is 2.21. The van der Waals surface area contributed by atoms with E-state index in [2.05, 4.69) is 58.3 Å². The fourth-order valence-corrected chi connectivity index (χ4v) is 3.53. The molecule has 0 atom stereocenters. The van der Waals surface area contributed by atoms with Gasteiger partial charge >= 0.3 is 86.9 Å². The van der Waals surface area contributed by atoms with Gasteiger partial charge in [-0.05, 0) is 0 Å². The molecule has 0 saturated heterocycles. The number of allylic oxidation sites excluding steroid dienone is 2. The molecule has 1 aromatic carbocycles. The molecule has 1 aliphatic rings. The second kappa shape index (κ2) is 4.40. The molecule has 13 heavy (non-hydrogen) atoms. The summed E-state index contributed by atoms with van der Waals surface area (Å²) in [6.07, 6.45) is 8.60. The van der Waals surface area contributed by atoms with Crippen molar-refractivity contribution in [2.45, 2.75) is 0 Å². The normalized spacial score (nSPS) is 15.2. The molecule has 0 amide bonds. The first-order valence-electron chi connectivity index (χ1n) is 4.21. The number of hydrogen-bond donors (Lipinski definition) is 0. The van der Waals surface area contributed by atoms with Crippen LogP contribution in [-0.4, -0.2) is 10.1 Å². The van der Waals surface area contributed by atoms with Gasteiger partial charge in [0.2, 0.25) is 0 Å². The summed E-state index contributed by atoms with van der Waals surface area (Å²) in [5.41, 5.74) is 0. The van der Waals surface area contributed by atoms with Crippen molar-refractivity contribution < 1.29 is 17.9 Å². The van der Waals surface area contributed by atoms with Gasteiger partial charge in [0, 0.05) is 0 Å². The Hall–Kier alpha value is -0.851. The van der Waals surface area contributed by atoms with Crippen molar-refractivity contribution in [3.8, 4) is 0 Å². The van der Waals surface area contributed by atoms with E-state index in [9.17, 15) is 0 Å². The zero-order valence-corrected chi connectivity index (χ0v) is 9.58. The summed E-state index contributed by atoms with van der Waals surface area (Å²) >= 11 is -0.136. The summed E-state index contributed by atoms with van der Waals surface area (Å²) in [6.45, 7) is 1.07. The van der Waals surface area contributed by atoms with Gasteiger partial charge in [-0.15, -0.1) is 0 Å². The van der Waals surface area contributed by atoms with E-state index < -0.39 is 0 Å². The van der Waals surface area contributed by atoms with E-state index in [0.717, 1.165) is 6.54 Å². The molecular weight excluding hydrogens is 338 g/mol. The van der Waals surface area contributed by atoms with Crippen LogP contribution >= 0.6 is 0 Å². The van der Waals surface area contributed by atoms with Gasteiger partial charge in [0.1, 0.15) is 0 Å². The summed E-state index contributed by atoms with van der Waals surface area (Å²) in [5, 5.41) is 0. The standard InChI is InChI=1S/C6H5.C5H6N.Ir/c2*1-2-4-6-5-3-1;/h1-5H;1-4H,5H2;/q;-1;+2. The van der Waals surface area contributed by atoms with Crippen molar-refractivity contribution in [1.82, 2.24) is 3.57 Å². The van der Waals surface area contributed by atoms with Crippen molar-refractivity contribution >= 4 is 4.08 Å². The molecule has 2 rings (SSSR count). The SMILES string of the molecule is C1=CC[N]([Ir+][c]2ccccc2)C=C1. The van der Waals surface area contributed by atoms with Crippen LogP contribution in [0.15, 0.2) is 54.8 Å². The molecule has 1 nitrogen and oxygen atoms in total. The Morgan fingerprint density at radius 1 is 1.08 bits per heavy atom.